The molecule has 0 aromatic heterocycles. The molecule has 0 spiro atoms. The van der Waals surface area contributed by atoms with Crippen LogP contribution in [0, 0.1) is 0 Å². The molecule has 0 aliphatic heterocycles. The second-order valence-corrected chi connectivity index (χ2v) is 2.01. The van der Waals surface area contributed by atoms with Crippen molar-refractivity contribution in [2.45, 2.75) is 41.0 Å². The molecule has 66 valence electrons. The van der Waals surface area contributed by atoms with Crippen LogP contribution in [0.5, 0.6) is 0 Å². The van der Waals surface area contributed by atoms with Crippen molar-refractivity contribution in [2.75, 3.05) is 6.54 Å². The van der Waals surface area contributed by atoms with Gasteiger partial charge in [-0.05, 0) is 26.3 Å². The lowest BCUT2D eigenvalue weighted by Crippen LogP contribution is -1.74. The molecule has 0 saturated heterocycles. The summed E-state index contributed by atoms with van der Waals surface area (Å²) >= 11 is 0. The van der Waals surface area contributed by atoms with Gasteiger partial charge in [0.25, 0.3) is 0 Å². The zero-order valence-corrected chi connectivity index (χ0v) is 8.52. The topological polar surface area (TPSA) is 12.4 Å². The van der Waals surface area contributed by atoms with Crippen molar-refractivity contribution in [2.24, 2.45) is 4.99 Å². The Balaban J connectivity index is 0. The normalized spacial score (nSPS) is 11.2. The van der Waals surface area contributed by atoms with Gasteiger partial charge >= 0.3 is 0 Å². The molecule has 1 heteroatoms. The van der Waals surface area contributed by atoms with E-state index in [0.717, 1.165) is 13.0 Å². The Hall–Kier alpha value is -0.590. The molecule has 11 heavy (non-hydrogen) atoms. The monoisotopic (exact) mass is 155 g/mol. The zero-order chi connectivity index (χ0) is 9.11. The summed E-state index contributed by atoms with van der Waals surface area (Å²) in [5.74, 6) is 0. The predicted octanol–water partition coefficient (Wildman–Crippen LogP) is 3.46. The molecule has 0 bridgehead atoms. The third kappa shape index (κ3) is 12.6. The van der Waals surface area contributed by atoms with Crippen molar-refractivity contribution in [1.82, 2.24) is 0 Å². The predicted molar refractivity (Wildman–Crippen MR) is 54.4 cm³/mol. The molecule has 0 radical (unpaired) electrons. The highest BCUT2D eigenvalue weighted by molar-refractivity contribution is 5.71. The number of rotatable bonds is 3. The van der Waals surface area contributed by atoms with Gasteiger partial charge < -0.3 is 0 Å². The third-order valence-corrected chi connectivity index (χ3v) is 1.20. The molecule has 0 aromatic rings. The van der Waals surface area contributed by atoms with E-state index >= 15 is 0 Å². The minimum atomic E-state index is 0.882. The average Bonchev–Trinajstić information content (AvgIpc) is 2.08. The summed E-state index contributed by atoms with van der Waals surface area (Å²) in [6, 6.07) is 0. The summed E-state index contributed by atoms with van der Waals surface area (Å²) in [4.78, 5) is 4.06. The van der Waals surface area contributed by atoms with Crippen molar-refractivity contribution < 1.29 is 0 Å². The van der Waals surface area contributed by atoms with Gasteiger partial charge in [0.15, 0.2) is 0 Å². The number of aliphatic imine (C=N–C) groups is 1. The van der Waals surface area contributed by atoms with Gasteiger partial charge in [0.2, 0.25) is 0 Å². The van der Waals surface area contributed by atoms with E-state index in [-0.39, 0.29) is 0 Å². The highest BCUT2D eigenvalue weighted by Crippen LogP contribution is 1.94. The van der Waals surface area contributed by atoms with E-state index < -0.39 is 0 Å². The Labute approximate surface area is 71.2 Å². The minimum Gasteiger partial charge on any atom is -0.293 e. The lowest BCUT2D eigenvalue weighted by atomic mass is 10.2. The lowest BCUT2D eigenvalue weighted by Gasteiger charge is -1.87. The molecule has 0 unspecified atom stereocenters. The zero-order valence-electron chi connectivity index (χ0n) is 8.52. The molecule has 0 N–H and O–H groups in total. The number of nitrogens with zero attached hydrogens (tertiary/aromatic N) is 1. The van der Waals surface area contributed by atoms with E-state index in [1.54, 1.807) is 0 Å². The summed E-state index contributed by atoms with van der Waals surface area (Å²) in [5.41, 5.74) is 1.38. The van der Waals surface area contributed by atoms with Gasteiger partial charge in [-0.2, -0.15) is 0 Å². The Morgan fingerprint density at radius 2 is 1.82 bits per heavy atom. The van der Waals surface area contributed by atoms with Crippen LogP contribution in [0.25, 0.3) is 0 Å². The fraction of sp³-hybridized carbons (Fsp3) is 0.700. The second kappa shape index (κ2) is 12.1. The van der Waals surface area contributed by atoms with Crippen LogP contribution in [0.15, 0.2) is 16.6 Å². The quantitative estimate of drug-likeness (QED) is 0.553. The molecule has 0 heterocycles. The van der Waals surface area contributed by atoms with Gasteiger partial charge in [0.1, 0.15) is 0 Å². The van der Waals surface area contributed by atoms with Gasteiger partial charge in [-0.3, -0.25) is 4.99 Å². The maximum Gasteiger partial charge on any atom is 0.0360 e. The first-order valence-corrected chi connectivity index (χ1v) is 4.46. The van der Waals surface area contributed by atoms with E-state index in [2.05, 4.69) is 24.9 Å². The van der Waals surface area contributed by atoms with Crippen molar-refractivity contribution in [3.63, 3.8) is 0 Å². The molecule has 0 aliphatic rings. The minimum absolute atomic E-state index is 0.882. The summed E-state index contributed by atoms with van der Waals surface area (Å²) in [7, 11) is 0. The van der Waals surface area contributed by atoms with Crippen LogP contribution in [0.2, 0.25) is 0 Å². The van der Waals surface area contributed by atoms with E-state index in [9.17, 15) is 0 Å². The maximum absolute atomic E-state index is 4.06. The summed E-state index contributed by atoms with van der Waals surface area (Å²) in [5, 5.41) is 0. The summed E-state index contributed by atoms with van der Waals surface area (Å²) < 4.78 is 0. The molecule has 0 aliphatic carbocycles. The first-order chi connectivity index (χ1) is 5.31. The van der Waals surface area contributed by atoms with Crippen LogP contribution in [0.1, 0.15) is 41.0 Å². The number of hydrogen-bond donors (Lipinski definition) is 0. The van der Waals surface area contributed by atoms with Gasteiger partial charge in [0.05, 0.1) is 0 Å². The van der Waals surface area contributed by atoms with Gasteiger partial charge in [-0.15, -0.1) is 0 Å². The fourth-order valence-electron chi connectivity index (χ4n) is 0.403. The van der Waals surface area contributed by atoms with Crippen LogP contribution in [0.4, 0.5) is 0 Å². The molecule has 0 saturated carbocycles. The maximum atomic E-state index is 4.06. The lowest BCUT2D eigenvalue weighted by molar-refractivity contribution is 1.10. The van der Waals surface area contributed by atoms with Gasteiger partial charge in [-0.1, -0.05) is 26.3 Å². The summed E-state index contributed by atoms with van der Waals surface area (Å²) in [6.07, 6.45) is 5.05. The van der Waals surface area contributed by atoms with E-state index in [1.807, 2.05) is 27.0 Å². The molecule has 0 rings (SSSR count). The van der Waals surface area contributed by atoms with E-state index in [1.165, 1.54) is 5.57 Å². The Morgan fingerprint density at radius 1 is 1.27 bits per heavy atom. The molecule has 1 nitrogen and oxygen atoms in total. The molecule has 0 aromatic carbocycles. The molecule has 0 atom stereocenters. The highest BCUT2D eigenvalue weighted by atomic mass is 14.7. The first-order valence-electron chi connectivity index (χ1n) is 4.46. The SMILES string of the molecule is CC.CCN=C/C=C(\C)CC. The molecule has 0 fully saturated rings. The van der Waals surface area contributed by atoms with Gasteiger partial charge in [0, 0.05) is 12.8 Å². The summed E-state index contributed by atoms with van der Waals surface area (Å²) in [6.45, 7) is 11.2. The van der Waals surface area contributed by atoms with Crippen molar-refractivity contribution in [1.29, 1.82) is 0 Å². The second-order valence-electron chi connectivity index (χ2n) is 2.01. The van der Waals surface area contributed by atoms with Crippen LogP contribution in [0.3, 0.4) is 0 Å². The smallest absolute Gasteiger partial charge is 0.0360 e. The standard InChI is InChI=1S/C8H15N.C2H6/c1-4-8(3)6-7-9-5-2;1-2/h6-7H,4-5H2,1-3H3;1-2H3/b8-6+,9-7?;. The van der Waals surface area contributed by atoms with Crippen LogP contribution < -0.4 is 0 Å². The van der Waals surface area contributed by atoms with Crippen molar-refractivity contribution in [3.05, 3.63) is 11.6 Å². The molecular weight excluding hydrogens is 134 g/mol. The Morgan fingerprint density at radius 3 is 2.18 bits per heavy atom. The van der Waals surface area contributed by atoms with Crippen LogP contribution in [-0.2, 0) is 0 Å². The van der Waals surface area contributed by atoms with E-state index in [4.69, 9.17) is 0 Å². The van der Waals surface area contributed by atoms with Crippen molar-refractivity contribution >= 4 is 6.21 Å². The number of hydrogen-bond acceptors (Lipinski definition) is 1. The van der Waals surface area contributed by atoms with Crippen LogP contribution >= 0.6 is 0 Å². The Bertz CT molecular complexity index is 112. The van der Waals surface area contributed by atoms with Crippen molar-refractivity contribution in [3.8, 4) is 0 Å². The number of allylic oxidation sites excluding steroid dienone is 2. The Kier molecular flexibility index (Phi) is 14.4. The fourth-order valence-corrected chi connectivity index (χ4v) is 0.403. The third-order valence-electron chi connectivity index (χ3n) is 1.20. The molecule has 0 amide bonds. The van der Waals surface area contributed by atoms with Gasteiger partial charge in [-0.25, -0.2) is 0 Å². The first kappa shape index (κ1) is 13.0. The largest absolute Gasteiger partial charge is 0.293 e. The highest BCUT2D eigenvalue weighted by Gasteiger charge is 1.76. The van der Waals surface area contributed by atoms with Crippen LogP contribution in [-0.4, -0.2) is 12.8 Å². The average molecular weight is 155 g/mol. The molecular formula is C10H21N. The van der Waals surface area contributed by atoms with E-state index in [0.29, 0.717) is 0 Å².